The van der Waals surface area contributed by atoms with Crippen LogP contribution in [0, 0.1) is 5.92 Å². The maximum atomic E-state index is 4.78. The Labute approximate surface area is 132 Å². The van der Waals surface area contributed by atoms with Crippen molar-refractivity contribution >= 4 is 11.3 Å². The smallest absolute Gasteiger partial charge is 0.0523 e. The predicted molar refractivity (Wildman–Crippen MR) is 93.0 cm³/mol. The number of pyridine rings is 1. The van der Waals surface area contributed by atoms with E-state index in [0.717, 1.165) is 18.5 Å². The molecule has 1 aliphatic rings. The lowest BCUT2D eigenvalue weighted by Gasteiger charge is -2.07. The molecule has 0 aliphatic carbocycles. The normalized spacial score (nSPS) is 14.6. The molecule has 0 saturated carbocycles. The molecule has 22 heavy (non-hydrogen) atoms. The Morgan fingerprint density at radius 3 is 2.27 bits per heavy atom. The summed E-state index contributed by atoms with van der Waals surface area (Å²) < 4.78 is 0. The van der Waals surface area contributed by atoms with Gasteiger partial charge in [-0.15, -0.1) is 0 Å². The van der Waals surface area contributed by atoms with Crippen LogP contribution in [0.4, 0.5) is 0 Å². The fraction of sp³-hybridized carbons (Fsp3) is 0.300. The van der Waals surface area contributed by atoms with Crippen molar-refractivity contribution in [3.63, 3.8) is 0 Å². The summed E-state index contributed by atoms with van der Waals surface area (Å²) >= 11 is 0. The standard InChI is InChI=1S/C20H22N2/c1-14(2)12-16-4-6-18(7-5-16)20-13-19(15(3)22-20)17-8-10-21-11-9-17/h4-11,14H,12-13H2,1-3H3. The number of aromatic nitrogens is 1. The third-order valence-electron chi connectivity index (χ3n) is 4.04. The second kappa shape index (κ2) is 6.27. The Balaban J connectivity index is 1.77. The van der Waals surface area contributed by atoms with Gasteiger partial charge in [-0.25, -0.2) is 0 Å². The molecular formula is C20H22N2. The number of rotatable bonds is 4. The molecule has 112 valence electrons. The molecule has 2 heterocycles. The van der Waals surface area contributed by atoms with Crippen molar-refractivity contribution in [2.45, 2.75) is 33.6 Å². The lowest BCUT2D eigenvalue weighted by Crippen LogP contribution is -2.00. The van der Waals surface area contributed by atoms with Crippen LogP contribution in [0.5, 0.6) is 0 Å². The number of benzene rings is 1. The lowest BCUT2D eigenvalue weighted by molar-refractivity contribution is 0.647. The van der Waals surface area contributed by atoms with E-state index in [1.807, 2.05) is 12.4 Å². The zero-order valence-corrected chi connectivity index (χ0v) is 13.5. The molecule has 2 nitrogen and oxygen atoms in total. The first-order chi connectivity index (χ1) is 10.6. The van der Waals surface area contributed by atoms with Crippen molar-refractivity contribution in [1.29, 1.82) is 0 Å². The minimum absolute atomic E-state index is 0.692. The van der Waals surface area contributed by atoms with Gasteiger partial charge < -0.3 is 0 Å². The number of hydrogen-bond acceptors (Lipinski definition) is 2. The second-order valence-electron chi connectivity index (χ2n) is 6.33. The van der Waals surface area contributed by atoms with E-state index in [4.69, 9.17) is 4.99 Å². The van der Waals surface area contributed by atoms with Crippen LogP contribution in [0.15, 0.2) is 59.5 Å². The SMILES string of the molecule is CC1=C(c2ccncc2)CC(c2ccc(CC(C)C)cc2)=N1. The summed E-state index contributed by atoms with van der Waals surface area (Å²) in [5.41, 5.74) is 7.45. The Morgan fingerprint density at radius 2 is 1.64 bits per heavy atom. The minimum Gasteiger partial charge on any atom is -0.265 e. The fourth-order valence-electron chi connectivity index (χ4n) is 2.94. The summed E-state index contributed by atoms with van der Waals surface area (Å²) in [6.45, 7) is 6.60. The molecule has 0 unspecified atom stereocenters. The molecule has 0 bridgehead atoms. The van der Waals surface area contributed by atoms with Crippen molar-refractivity contribution in [3.05, 3.63) is 71.2 Å². The number of nitrogens with zero attached hydrogens (tertiary/aromatic N) is 2. The third-order valence-corrected chi connectivity index (χ3v) is 4.04. The Kier molecular flexibility index (Phi) is 4.19. The molecule has 0 radical (unpaired) electrons. The number of hydrogen-bond donors (Lipinski definition) is 0. The second-order valence-corrected chi connectivity index (χ2v) is 6.33. The van der Waals surface area contributed by atoms with Gasteiger partial charge in [0.05, 0.1) is 5.71 Å². The summed E-state index contributed by atoms with van der Waals surface area (Å²) in [6.07, 6.45) is 5.72. The van der Waals surface area contributed by atoms with Crippen molar-refractivity contribution in [3.8, 4) is 0 Å². The maximum Gasteiger partial charge on any atom is 0.0523 e. The van der Waals surface area contributed by atoms with Crippen LogP contribution in [0.1, 0.15) is 43.9 Å². The van der Waals surface area contributed by atoms with E-state index in [0.29, 0.717) is 5.92 Å². The molecular weight excluding hydrogens is 268 g/mol. The summed E-state index contributed by atoms with van der Waals surface area (Å²) in [5, 5.41) is 0. The molecule has 1 aliphatic heterocycles. The molecule has 2 heteroatoms. The molecule has 2 aromatic rings. The molecule has 0 atom stereocenters. The van der Waals surface area contributed by atoms with E-state index in [2.05, 4.69) is 62.2 Å². The van der Waals surface area contributed by atoms with Gasteiger partial charge in [0.25, 0.3) is 0 Å². The lowest BCUT2D eigenvalue weighted by atomic mass is 9.97. The van der Waals surface area contributed by atoms with Gasteiger partial charge >= 0.3 is 0 Å². The minimum atomic E-state index is 0.692. The van der Waals surface area contributed by atoms with E-state index in [1.54, 1.807) is 0 Å². The van der Waals surface area contributed by atoms with Crippen LogP contribution < -0.4 is 0 Å². The summed E-state index contributed by atoms with van der Waals surface area (Å²) in [7, 11) is 0. The predicted octanol–water partition coefficient (Wildman–Crippen LogP) is 4.90. The van der Waals surface area contributed by atoms with Crippen molar-refractivity contribution < 1.29 is 0 Å². The van der Waals surface area contributed by atoms with Gasteiger partial charge in [-0.3, -0.25) is 9.98 Å². The van der Waals surface area contributed by atoms with Crippen molar-refractivity contribution in [2.24, 2.45) is 10.9 Å². The molecule has 1 aromatic carbocycles. The fourth-order valence-corrected chi connectivity index (χ4v) is 2.94. The van der Waals surface area contributed by atoms with Crippen LogP contribution in [-0.2, 0) is 6.42 Å². The summed E-state index contributed by atoms with van der Waals surface area (Å²) in [6, 6.07) is 13.0. The van der Waals surface area contributed by atoms with E-state index < -0.39 is 0 Å². The van der Waals surface area contributed by atoms with Gasteiger partial charge in [0.15, 0.2) is 0 Å². The van der Waals surface area contributed by atoms with Gasteiger partial charge in [0.1, 0.15) is 0 Å². The van der Waals surface area contributed by atoms with E-state index in [1.165, 1.54) is 28.0 Å². The molecule has 0 amide bonds. The van der Waals surface area contributed by atoms with E-state index in [-0.39, 0.29) is 0 Å². The first-order valence-corrected chi connectivity index (χ1v) is 7.90. The zero-order valence-electron chi connectivity index (χ0n) is 13.5. The quantitative estimate of drug-likeness (QED) is 0.786. The first kappa shape index (κ1) is 14.7. The van der Waals surface area contributed by atoms with Crippen LogP contribution in [0.25, 0.3) is 5.57 Å². The average Bonchev–Trinajstić information content (AvgIpc) is 2.90. The van der Waals surface area contributed by atoms with Gasteiger partial charge in [0, 0.05) is 24.5 Å². The van der Waals surface area contributed by atoms with Crippen molar-refractivity contribution in [2.75, 3.05) is 0 Å². The molecule has 0 N–H and O–H groups in total. The molecule has 0 spiro atoms. The van der Waals surface area contributed by atoms with Gasteiger partial charge in [0.2, 0.25) is 0 Å². The highest BCUT2D eigenvalue weighted by Crippen LogP contribution is 2.30. The van der Waals surface area contributed by atoms with Crippen LogP contribution in [0.3, 0.4) is 0 Å². The summed E-state index contributed by atoms with van der Waals surface area (Å²) in [5.74, 6) is 0.692. The molecule has 3 rings (SSSR count). The maximum absolute atomic E-state index is 4.78. The molecule has 0 saturated heterocycles. The number of aliphatic imine (C=N–C) groups is 1. The van der Waals surface area contributed by atoms with E-state index in [9.17, 15) is 0 Å². The van der Waals surface area contributed by atoms with Crippen LogP contribution in [-0.4, -0.2) is 10.7 Å². The highest BCUT2D eigenvalue weighted by molar-refractivity contribution is 6.09. The van der Waals surface area contributed by atoms with Gasteiger partial charge in [-0.2, -0.15) is 0 Å². The Morgan fingerprint density at radius 1 is 0.955 bits per heavy atom. The van der Waals surface area contributed by atoms with E-state index >= 15 is 0 Å². The van der Waals surface area contributed by atoms with Crippen LogP contribution >= 0.6 is 0 Å². The number of allylic oxidation sites excluding steroid dienone is 2. The van der Waals surface area contributed by atoms with Gasteiger partial charge in [-0.05, 0) is 53.7 Å². The monoisotopic (exact) mass is 290 g/mol. The summed E-state index contributed by atoms with van der Waals surface area (Å²) in [4.78, 5) is 8.88. The highest BCUT2D eigenvalue weighted by atomic mass is 14.8. The third kappa shape index (κ3) is 3.16. The molecule has 1 aromatic heterocycles. The zero-order chi connectivity index (χ0) is 15.5. The largest absolute Gasteiger partial charge is 0.265 e. The highest BCUT2D eigenvalue weighted by Gasteiger charge is 2.17. The average molecular weight is 290 g/mol. The van der Waals surface area contributed by atoms with Crippen LogP contribution in [0.2, 0.25) is 0 Å². The topological polar surface area (TPSA) is 25.2 Å². The molecule has 0 fully saturated rings. The Bertz CT molecular complexity index is 707. The van der Waals surface area contributed by atoms with Gasteiger partial charge in [-0.1, -0.05) is 38.1 Å². The van der Waals surface area contributed by atoms with Crippen molar-refractivity contribution in [1.82, 2.24) is 4.98 Å². The Hall–Kier alpha value is -2.22. The first-order valence-electron chi connectivity index (χ1n) is 7.90.